The Morgan fingerprint density at radius 1 is 0.435 bits per heavy atom. The van der Waals surface area contributed by atoms with E-state index in [1.807, 2.05) is 42.5 Å². The van der Waals surface area contributed by atoms with Crippen molar-refractivity contribution >= 4 is 10.8 Å². The molecule has 0 radical (unpaired) electrons. The molecule has 0 amide bonds. The van der Waals surface area contributed by atoms with Crippen molar-refractivity contribution in [2.75, 3.05) is 0 Å². The van der Waals surface area contributed by atoms with Gasteiger partial charge in [-0.25, -0.2) is 4.39 Å². The normalized spacial score (nSPS) is 10.8. The molecule has 4 rings (SSSR count). The lowest BCUT2D eigenvalue weighted by molar-refractivity contribution is 0.631. The fraction of sp³-hybridized carbons (Fsp3) is 0. The quantitative estimate of drug-likeness (QED) is 0.406. The van der Waals surface area contributed by atoms with Crippen molar-refractivity contribution in [3.8, 4) is 22.3 Å². The second-order valence-electron chi connectivity index (χ2n) is 5.55. The van der Waals surface area contributed by atoms with Gasteiger partial charge in [-0.2, -0.15) is 0 Å². The molecule has 0 fully saturated rings. The third-order valence-electron chi connectivity index (χ3n) is 4.17. The van der Waals surface area contributed by atoms with E-state index in [0.29, 0.717) is 5.56 Å². The zero-order valence-corrected chi connectivity index (χ0v) is 12.5. The molecule has 0 nitrogen and oxygen atoms in total. The fourth-order valence-corrected chi connectivity index (χ4v) is 3.09. The summed E-state index contributed by atoms with van der Waals surface area (Å²) in [5.41, 5.74) is 3.73. The summed E-state index contributed by atoms with van der Waals surface area (Å²) >= 11 is 0. The van der Waals surface area contributed by atoms with Crippen LogP contribution in [0.2, 0.25) is 0 Å². The zero-order chi connectivity index (χ0) is 15.6. The highest BCUT2D eigenvalue weighted by Crippen LogP contribution is 2.36. The molecule has 23 heavy (non-hydrogen) atoms. The van der Waals surface area contributed by atoms with Gasteiger partial charge >= 0.3 is 0 Å². The van der Waals surface area contributed by atoms with Crippen molar-refractivity contribution in [3.05, 3.63) is 96.8 Å². The Morgan fingerprint density at radius 3 is 1.74 bits per heavy atom. The topological polar surface area (TPSA) is 0 Å². The molecule has 4 aromatic carbocycles. The first-order valence-corrected chi connectivity index (χ1v) is 7.67. The van der Waals surface area contributed by atoms with Crippen LogP contribution in [0.25, 0.3) is 33.0 Å². The molecule has 0 bridgehead atoms. The van der Waals surface area contributed by atoms with E-state index in [9.17, 15) is 4.39 Å². The van der Waals surface area contributed by atoms with Gasteiger partial charge < -0.3 is 0 Å². The van der Waals surface area contributed by atoms with E-state index in [1.54, 1.807) is 6.07 Å². The van der Waals surface area contributed by atoms with Gasteiger partial charge in [-0.15, -0.1) is 0 Å². The summed E-state index contributed by atoms with van der Waals surface area (Å²) in [5, 5.41) is 2.37. The molecule has 0 aliphatic rings. The van der Waals surface area contributed by atoms with Crippen molar-refractivity contribution in [1.82, 2.24) is 0 Å². The summed E-state index contributed by atoms with van der Waals surface area (Å²) in [6.07, 6.45) is 0. The first-order valence-electron chi connectivity index (χ1n) is 7.67. The highest BCUT2D eigenvalue weighted by molar-refractivity contribution is 6.00. The lowest BCUT2D eigenvalue weighted by Gasteiger charge is -2.13. The Balaban J connectivity index is 2.02. The second kappa shape index (κ2) is 5.69. The van der Waals surface area contributed by atoms with E-state index in [1.165, 1.54) is 16.8 Å². The van der Waals surface area contributed by atoms with Crippen LogP contribution in [0.4, 0.5) is 4.39 Å². The minimum atomic E-state index is -0.194. The summed E-state index contributed by atoms with van der Waals surface area (Å²) in [7, 11) is 0. The molecule has 4 aromatic rings. The van der Waals surface area contributed by atoms with Crippen molar-refractivity contribution < 1.29 is 4.39 Å². The second-order valence-corrected chi connectivity index (χ2v) is 5.55. The number of benzene rings is 4. The number of fused-ring (bicyclic) bond motifs is 1. The van der Waals surface area contributed by atoms with Gasteiger partial charge in [0.2, 0.25) is 0 Å². The molecule has 1 heteroatoms. The summed E-state index contributed by atoms with van der Waals surface area (Å²) in [4.78, 5) is 0. The molecule has 0 saturated carbocycles. The zero-order valence-electron chi connectivity index (χ0n) is 12.5. The maximum absolute atomic E-state index is 14.3. The summed E-state index contributed by atoms with van der Waals surface area (Å²) in [5.74, 6) is -0.194. The Morgan fingerprint density at radius 2 is 0.957 bits per heavy atom. The van der Waals surface area contributed by atoms with Crippen LogP contribution < -0.4 is 0 Å². The van der Waals surface area contributed by atoms with Crippen LogP contribution in [-0.4, -0.2) is 0 Å². The van der Waals surface area contributed by atoms with E-state index >= 15 is 0 Å². The maximum Gasteiger partial charge on any atom is 0.131 e. The standard InChI is InChI=1S/C22H15F/c23-22-15-6-5-13-21(22)20-12-4-3-11-19(20)18-14-7-9-16-8-1-2-10-17(16)18/h1-15H. The summed E-state index contributed by atoms with van der Waals surface area (Å²) in [6, 6.07) is 29.5. The van der Waals surface area contributed by atoms with Crippen LogP contribution in [0.15, 0.2) is 91.0 Å². The van der Waals surface area contributed by atoms with Crippen molar-refractivity contribution in [2.24, 2.45) is 0 Å². The Kier molecular flexibility index (Phi) is 3.39. The summed E-state index contributed by atoms with van der Waals surface area (Å²) in [6.45, 7) is 0. The van der Waals surface area contributed by atoms with E-state index in [4.69, 9.17) is 0 Å². The summed E-state index contributed by atoms with van der Waals surface area (Å²) < 4.78 is 14.3. The van der Waals surface area contributed by atoms with Gasteiger partial charge in [0.25, 0.3) is 0 Å². The van der Waals surface area contributed by atoms with Gasteiger partial charge in [-0.3, -0.25) is 0 Å². The molecular formula is C22H15F. The average Bonchev–Trinajstić information content (AvgIpc) is 2.62. The first-order chi connectivity index (χ1) is 11.3. The molecule has 0 aliphatic carbocycles. The van der Waals surface area contributed by atoms with Gasteiger partial charge in [0.05, 0.1) is 0 Å². The van der Waals surface area contributed by atoms with Crippen LogP contribution >= 0.6 is 0 Å². The minimum Gasteiger partial charge on any atom is -0.206 e. The van der Waals surface area contributed by atoms with E-state index in [2.05, 4.69) is 36.4 Å². The minimum absolute atomic E-state index is 0.194. The molecule has 0 atom stereocenters. The highest BCUT2D eigenvalue weighted by Gasteiger charge is 2.12. The highest BCUT2D eigenvalue weighted by atomic mass is 19.1. The van der Waals surface area contributed by atoms with E-state index < -0.39 is 0 Å². The molecule has 0 heterocycles. The number of hydrogen-bond acceptors (Lipinski definition) is 0. The lowest BCUT2D eigenvalue weighted by atomic mass is 9.91. The van der Waals surface area contributed by atoms with Crippen LogP contribution in [0.1, 0.15) is 0 Å². The maximum atomic E-state index is 14.3. The van der Waals surface area contributed by atoms with Gasteiger partial charge in [0.1, 0.15) is 5.82 Å². The molecule has 0 saturated heterocycles. The van der Waals surface area contributed by atoms with Gasteiger partial charge in [-0.05, 0) is 33.5 Å². The Hall–Kier alpha value is -2.93. The Bertz CT molecular complexity index is 980. The van der Waals surface area contributed by atoms with Crippen molar-refractivity contribution in [2.45, 2.75) is 0 Å². The van der Waals surface area contributed by atoms with Crippen molar-refractivity contribution in [1.29, 1.82) is 0 Å². The molecule has 0 aromatic heterocycles. The third kappa shape index (κ3) is 2.40. The lowest BCUT2D eigenvalue weighted by Crippen LogP contribution is -1.89. The molecule has 0 unspecified atom stereocenters. The van der Waals surface area contributed by atoms with Gasteiger partial charge in [-0.1, -0.05) is 84.9 Å². The Labute approximate surface area is 134 Å². The first kappa shape index (κ1) is 13.7. The largest absolute Gasteiger partial charge is 0.206 e. The predicted octanol–water partition coefficient (Wildman–Crippen LogP) is 6.31. The molecule has 0 aliphatic heterocycles. The molecular weight excluding hydrogens is 283 g/mol. The number of rotatable bonds is 2. The van der Waals surface area contributed by atoms with E-state index in [0.717, 1.165) is 16.7 Å². The van der Waals surface area contributed by atoms with E-state index in [-0.39, 0.29) is 5.82 Å². The fourth-order valence-electron chi connectivity index (χ4n) is 3.09. The van der Waals surface area contributed by atoms with Crippen LogP contribution in [0, 0.1) is 5.82 Å². The van der Waals surface area contributed by atoms with Crippen molar-refractivity contribution in [3.63, 3.8) is 0 Å². The molecule has 0 spiro atoms. The SMILES string of the molecule is Fc1ccccc1-c1ccccc1-c1cccc2ccccc12. The number of halogens is 1. The third-order valence-corrected chi connectivity index (χ3v) is 4.17. The van der Waals surface area contributed by atoms with Gasteiger partial charge in [0.15, 0.2) is 0 Å². The molecule has 0 N–H and O–H groups in total. The van der Waals surface area contributed by atoms with Crippen LogP contribution in [0.3, 0.4) is 0 Å². The number of hydrogen-bond donors (Lipinski definition) is 0. The predicted molar refractivity (Wildman–Crippen MR) is 94.8 cm³/mol. The van der Waals surface area contributed by atoms with Crippen LogP contribution in [-0.2, 0) is 0 Å². The van der Waals surface area contributed by atoms with Crippen LogP contribution in [0.5, 0.6) is 0 Å². The smallest absolute Gasteiger partial charge is 0.131 e. The van der Waals surface area contributed by atoms with Gasteiger partial charge in [0, 0.05) is 5.56 Å². The molecule has 110 valence electrons. The monoisotopic (exact) mass is 298 g/mol. The average molecular weight is 298 g/mol.